The van der Waals surface area contributed by atoms with Crippen LogP contribution < -0.4 is 0 Å². The zero-order valence-corrected chi connectivity index (χ0v) is 24.3. The molecule has 6 aromatic carbocycles. The number of thiophene rings is 1. The summed E-state index contributed by atoms with van der Waals surface area (Å²) in [6, 6.07) is 47.8. The van der Waals surface area contributed by atoms with Crippen molar-refractivity contribution in [1.82, 2.24) is 15.0 Å². The standard InChI is InChI=1S/C39H23N3OS/c1-3-12-24(13-4-1)37-40-38(25-14-5-2-6-15-25)42-39(41-37)30-20-11-22-32-35(30)34-27(17-10-21-31(34)43-32)29-19-9-18-28-26-16-7-8-23-33(26)44-36(28)29/h1-23H. The largest absolute Gasteiger partial charge is 0.456 e. The summed E-state index contributed by atoms with van der Waals surface area (Å²) in [7, 11) is 0. The maximum absolute atomic E-state index is 6.51. The Balaban J connectivity index is 1.34. The number of aromatic nitrogens is 3. The van der Waals surface area contributed by atoms with Crippen LogP contribution in [-0.4, -0.2) is 15.0 Å². The van der Waals surface area contributed by atoms with E-state index in [0.717, 1.165) is 44.2 Å². The van der Waals surface area contributed by atoms with Crippen LogP contribution >= 0.6 is 11.3 Å². The Morgan fingerprint density at radius 2 is 0.932 bits per heavy atom. The lowest BCUT2D eigenvalue weighted by molar-refractivity contribution is 0.669. The van der Waals surface area contributed by atoms with E-state index in [0.29, 0.717) is 17.5 Å². The SMILES string of the molecule is c1ccc(-c2nc(-c3ccccc3)nc(-c3cccc4oc5cccc(-c6cccc7c6sc6ccccc67)c5c34)n2)cc1. The summed E-state index contributed by atoms with van der Waals surface area (Å²) >= 11 is 1.84. The van der Waals surface area contributed by atoms with Gasteiger partial charge in [-0.05, 0) is 23.8 Å². The van der Waals surface area contributed by atoms with Crippen LogP contribution in [0.3, 0.4) is 0 Å². The highest BCUT2D eigenvalue weighted by atomic mass is 32.1. The van der Waals surface area contributed by atoms with E-state index in [4.69, 9.17) is 19.4 Å². The third kappa shape index (κ3) is 3.94. The van der Waals surface area contributed by atoms with Gasteiger partial charge in [-0.1, -0.05) is 121 Å². The average molecular weight is 582 g/mol. The minimum Gasteiger partial charge on any atom is -0.456 e. The molecule has 0 aliphatic rings. The second-order valence-electron chi connectivity index (χ2n) is 10.8. The van der Waals surface area contributed by atoms with Gasteiger partial charge >= 0.3 is 0 Å². The molecule has 0 atom stereocenters. The van der Waals surface area contributed by atoms with Gasteiger partial charge in [-0.3, -0.25) is 0 Å². The van der Waals surface area contributed by atoms with E-state index < -0.39 is 0 Å². The van der Waals surface area contributed by atoms with E-state index in [2.05, 4.69) is 60.7 Å². The molecule has 0 saturated heterocycles. The Labute approximate surface area is 256 Å². The van der Waals surface area contributed by atoms with E-state index in [1.54, 1.807) is 0 Å². The number of rotatable bonds is 4. The van der Waals surface area contributed by atoms with Gasteiger partial charge in [0.1, 0.15) is 11.2 Å². The topological polar surface area (TPSA) is 51.8 Å². The lowest BCUT2D eigenvalue weighted by Gasteiger charge is -2.10. The van der Waals surface area contributed by atoms with E-state index in [1.807, 2.05) is 90.2 Å². The Hall–Kier alpha value is -5.65. The van der Waals surface area contributed by atoms with Crippen LogP contribution in [0.25, 0.3) is 87.4 Å². The summed E-state index contributed by atoms with van der Waals surface area (Å²) in [6.07, 6.45) is 0. The average Bonchev–Trinajstić information content (AvgIpc) is 3.68. The fourth-order valence-corrected chi connectivity index (χ4v) is 7.40. The van der Waals surface area contributed by atoms with Crippen molar-refractivity contribution >= 4 is 53.4 Å². The molecule has 0 amide bonds. The summed E-state index contributed by atoms with van der Waals surface area (Å²) < 4.78 is 9.06. The molecule has 3 heterocycles. The van der Waals surface area contributed by atoms with Crippen molar-refractivity contribution in [3.63, 3.8) is 0 Å². The van der Waals surface area contributed by atoms with Crippen LogP contribution in [0.15, 0.2) is 144 Å². The summed E-state index contributed by atoms with van der Waals surface area (Å²) in [5, 5.41) is 4.61. The van der Waals surface area contributed by atoms with Gasteiger partial charge in [0.2, 0.25) is 0 Å². The molecule has 9 rings (SSSR count). The molecule has 0 saturated carbocycles. The summed E-state index contributed by atoms with van der Waals surface area (Å²) in [5.74, 6) is 1.88. The Kier molecular flexibility index (Phi) is 5.64. The van der Waals surface area contributed by atoms with Gasteiger partial charge in [0.25, 0.3) is 0 Å². The van der Waals surface area contributed by atoms with Gasteiger partial charge in [0, 0.05) is 53.2 Å². The first-order valence-electron chi connectivity index (χ1n) is 14.5. The van der Waals surface area contributed by atoms with Crippen LogP contribution in [0, 0.1) is 0 Å². The van der Waals surface area contributed by atoms with E-state index in [-0.39, 0.29) is 0 Å². The molecule has 4 nitrogen and oxygen atoms in total. The molecule has 206 valence electrons. The number of hydrogen-bond donors (Lipinski definition) is 0. The molecule has 0 spiro atoms. The second kappa shape index (κ2) is 9.97. The molecule has 5 heteroatoms. The fourth-order valence-electron chi connectivity index (χ4n) is 6.17. The van der Waals surface area contributed by atoms with Crippen molar-refractivity contribution in [2.45, 2.75) is 0 Å². The zero-order valence-electron chi connectivity index (χ0n) is 23.4. The van der Waals surface area contributed by atoms with Crippen LogP contribution in [0.5, 0.6) is 0 Å². The molecule has 0 N–H and O–H groups in total. The van der Waals surface area contributed by atoms with Gasteiger partial charge in [-0.15, -0.1) is 11.3 Å². The summed E-state index contributed by atoms with van der Waals surface area (Å²) in [5.41, 5.74) is 6.75. The number of furan rings is 1. The monoisotopic (exact) mass is 581 g/mol. The Morgan fingerprint density at radius 1 is 0.409 bits per heavy atom. The van der Waals surface area contributed by atoms with Gasteiger partial charge in [0.05, 0.1) is 0 Å². The van der Waals surface area contributed by atoms with Gasteiger partial charge in [-0.2, -0.15) is 0 Å². The first-order valence-corrected chi connectivity index (χ1v) is 15.4. The van der Waals surface area contributed by atoms with Crippen molar-refractivity contribution < 1.29 is 4.42 Å². The molecule has 44 heavy (non-hydrogen) atoms. The highest BCUT2D eigenvalue weighted by Gasteiger charge is 2.21. The zero-order chi connectivity index (χ0) is 29.0. The fraction of sp³-hybridized carbons (Fsp3) is 0. The van der Waals surface area contributed by atoms with Crippen LogP contribution in [-0.2, 0) is 0 Å². The van der Waals surface area contributed by atoms with Crippen molar-refractivity contribution in [2.24, 2.45) is 0 Å². The molecule has 3 aromatic heterocycles. The molecule has 0 bridgehead atoms. The number of hydrogen-bond acceptors (Lipinski definition) is 5. The van der Waals surface area contributed by atoms with Crippen molar-refractivity contribution in [3.8, 4) is 45.3 Å². The maximum Gasteiger partial charge on any atom is 0.164 e. The van der Waals surface area contributed by atoms with Crippen molar-refractivity contribution in [1.29, 1.82) is 0 Å². The van der Waals surface area contributed by atoms with Gasteiger partial charge < -0.3 is 4.42 Å². The molecule has 0 radical (unpaired) electrons. The molecule has 0 aliphatic heterocycles. The molecule has 9 aromatic rings. The van der Waals surface area contributed by atoms with Crippen molar-refractivity contribution in [2.75, 3.05) is 0 Å². The predicted molar refractivity (Wildman–Crippen MR) is 182 cm³/mol. The van der Waals surface area contributed by atoms with E-state index in [1.165, 1.54) is 25.7 Å². The Bertz CT molecular complexity index is 2440. The van der Waals surface area contributed by atoms with Crippen LogP contribution in [0.2, 0.25) is 0 Å². The molecular weight excluding hydrogens is 559 g/mol. The van der Waals surface area contributed by atoms with Gasteiger partial charge in [0.15, 0.2) is 17.5 Å². The predicted octanol–water partition coefficient (Wildman–Crippen LogP) is 10.8. The van der Waals surface area contributed by atoms with Crippen LogP contribution in [0.4, 0.5) is 0 Å². The minimum atomic E-state index is 0.612. The lowest BCUT2D eigenvalue weighted by atomic mass is 9.96. The van der Waals surface area contributed by atoms with E-state index in [9.17, 15) is 0 Å². The Morgan fingerprint density at radius 3 is 1.64 bits per heavy atom. The molecular formula is C39H23N3OS. The minimum absolute atomic E-state index is 0.612. The lowest BCUT2D eigenvalue weighted by Crippen LogP contribution is -2.00. The van der Waals surface area contributed by atoms with E-state index >= 15 is 0 Å². The number of benzene rings is 6. The molecule has 0 unspecified atom stereocenters. The van der Waals surface area contributed by atoms with Gasteiger partial charge in [-0.25, -0.2) is 15.0 Å². The first-order chi connectivity index (χ1) is 21.8. The quantitative estimate of drug-likeness (QED) is 0.207. The van der Waals surface area contributed by atoms with Crippen molar-refractivity contribution in [3.05, 3.63) is 140 Å². The van der Waals surface area contributed by atoms with Crippen LogP contribution in [0.1, 0.15) is 0 Å². The molecule has 0 fully saturated rings. The molecule has 0 aliphatic carbocycles. The smallest absolute Gasteiger partial charge is 0.164 e. The summed E-state index contributed by atoms with van der Waals surface area (Å²) in [4.78, 5) is 15.0. The number of fused-ring (bicyclic) bond motifs is 6. The maximum atomic E-state index is 6.51. The third-order valence-electron chi connectivity index (χ3n) is 8.16. The number of nitrogens with zero attached hydrogens (tertiary/aromatic N) is 3. The third-order valence-corrected chi connectivity index (χ3v) is 9.38. The highest BCUT2D eigenvalue weighted by molar-refractivity contribution is 7.26. The summed E-state index contributed by atoms with van der Waals surface area (Å²) in [6.45, 7) is 0. The highest BCUT2D eigenvalue weighted by Crippen LogP contribution is 2.45. The normalized spacial score (nSPS) is 11.6. The first kappa shape index (κ1) is 24.9. The second-order valence-corrected chi connectivity index (χ2v) is 11.8.